The molecule has 0 aromatic heterocycles. The number of allylic oxidation sites excluding steroid dienone is 4. The van der Waals surface area contributed by atoms with Crippen LogP contribution in [0.1, 0.15) is 45.4 Å². The molecule has 1 fully saturated rings. The van der Waals surface area contributed by atoms with E-state index < -0.39 is 0 Å². The van der Waals surface area contributed by atoms with Gasteiger partial charge in [0.2, 0.25) is 0 Å². The van der Waals surface area contributed by atoms with Gasteiger partial charge in [-0.25, -0.2) is 0 Å². The zero-order valence-electron chi connectivity index (χ0n) is 11.9. The van der Waals surface area contributed by atoms with Gasteiger partial charge in [-0.2, -0.15) is 12.6 Å². The van der Waals surface area contributed by atoms with Crippen LogP contribution in [-0.4, -0.2) is 9.68 Å². The predicted molar refractivity (Wildman–Crippen MR) is 97.3 cm³/mol. The molecule has 0 aromatic rings. The number of hydrogen-bond donors (Lipinski definition) is 1. The van der Waals surface area contributed by atoms with Crippen LogP contribution in [0, 0.1) is 11.8 Å². The lowest BCUT2D eigenvalue weighted by Gasteiger charge is -2.19. The lowest BCUT2D eigenvalue weighted by Crippen LogP contribution is -2.07. The van der Waals surface area contributed by atoms with Gasteiger partial charge in [0, 0.05) is 9.68 Å². The zero-order valence-corrected chi connectivity index (χ0v) is 14.9. The van der Waals surface area contributed by atoms with Gasteiger partial charge >= 0.3 is 0 Å². The van der Waals surface area contributed by atoms with Crippen LogP contribution in [0.15, 0.2) is 35.5 Å². The predicted octanol–water partition coefficient (Wildman–Crippen LogP) is 5.75. The van der Waals surface area contributed by atoms with Gasteiger partial charge in [0.25, 0.3) is 0 Å². The molecule has 106 valence electrons. The standard InChI is InChI=1S/C17H25IS/c1-3-13-6-4-5-7-14(9-13)16(11-19)15-8-12(2)17(18)10-15/h5,7,13,15,17,19H,2-4,6,8-11H2,1H3/b16-14+. The number of halogens is 1. The molecule has 0 radical (unpaired) electrons. The monoisotopic (exact) mass is 388 g/mol. The minimum atomic E-state index is 0.662. The summed E-state index contributed by atoms with van der Waals surface area (Å²) in [5.41, 5.74) is 4.61. The Kier molecular flexibility index (Phi) is 6.07. The van der Waals surface area contributed by atoms with Crippen LogP contribution in [0.25, 0.3) is 0 Å². The third kappa shape index (κ3) is 3.90. The van der Waals surface area contributed by atoms with Crippen LogP contribution in [0.4, 0.5) is 0 Å². The van der Waals surface area contributed by atoms with Crippen molar-refractivity contribution in [1.29, 1.82) is 0 Å². The van der Waals surface area contributed by atoms with Gasteiger partial charge in [-0.05, 0) is 49.5 Å². The summed E-state index contributed by atoms with van der Waals surface area (Å²) in [6, 6.07) is 0. The SMILES string of the molecule is C=C1CC(/C(CS)=C2\C=CCCC(CC)C2)CC1I. The van der Waals surface area contributed by atoms with Gasteiger partial charge in [-0.1, -0.05) is 65.8 Å². The van der Waals surface area contributed by atoms with Crippen LogP contribution >= 0.6 is 35.2 Å². The van der Waals surface area contributed by atoms with E-state index in [2.05, 4.69) is 60.9 Å². The first-order chi connectivity index (χ1) is 9.15. The van der Waals surface area contributed by atoms with Crippen molar-refractivity contribution in [3.05, 3.63) is 35.5 Å². The molecule has 0 bridgehead atoms. The van der Waals surface area contributed by atoms with Crippen molar-refractivity contribution >= 4 is 35.2 Å². The highest BCUT2D eigenvalue weighted by atomic mass is 127. The Labute approximate surface area is 137 Å². The molecule has 0 aliphatic heterocycles. The molecule has 0 saturated heterocycles. The van der Waals surface area contributed by atoms with Gasteiger partial charge in [-0.3, -0.25) is 0 Å². The summed E-state index contributed by atoms with van der Waals surface area (Å²) >= 11 is 7.18. The molecule has 3 atom stereocenters. The van der Waals surface area contributed by atoms with E-state index in [-0.39, 0.29) is 0 Å². The van der Waals surface area contributed by atoms with E-state index in [1.165, 1.54) is 44.1 Å². The Morgan fingerprint density at radius 1 is 1.47 bits per heavy atom. The van der Waals surface area contributed by atoms with Gasteiger partial charge in [-0.15, -0.1) is 0 Å². The third-order valence-corrected chi connectivity index (χ3v) is 6.40. The fourth-order valence-electron chi connectivity index (χ4n) is 3.33. The molecule has 0 spiro atoms. The Hall–Kier alpha value is 0.300. The van der Waals surface area contributed by atoms with Crippen LogP contribution < -0.4 is 0 Å². The molecule has 0 heterocycles. The van der Waals surface area contributed by atoms with E-state index >= 15 is 0 Å². The van der Waals surface area contributed by atoms with E-state index in [1.807, 2.05) is 0 Å². The summed E-state index contributed by atoms with van der Waals surface area (Å²) < 4.78 is 0.662. The summed E-state index contributed by atoms with van der Waals surface area (Å²) in [4.78, 5) is 0. The number of thiol groups is 1. The highest BCUT2D eigenvalue weighted by molar-refractivity contribution is 14.1. The van der Waals surface area contributed by atoms with Crippen molar-refractivity contribution in [2.45, 2.75) is 49.4 Å². The Morgan fingerprint density at radius 2 is 2.26 bits per heavy atom. The Bertz CT molecular complexity index is 394. The second-order valence-corrected chi connectivity index (χ2v) is 7.75. The smallest absolute Gasteiger partial charge is 0.0322 e. The van der Waals surface area contributed by atoms with Crippen LogP contribution in [0.5, 0.6) is 0 Å². The number of rotatable bonds is 3. The van der Waals surface area contributed by atoms with Crippen LogP contribution in [0.3, 0.4) is 0 Å². The quantitative estimate of drug-likeness (QED) is 0.271. The first-order valence-corrected chi connectivity index (χ1v) is 9.34. The molecule has 2 rings (SSSR count). The summed E-state index contributed by atoms with van der Waals surface area (Å²) in [6.45, 7) is 6.55. The summed E-state index contributed by atoms with van der Waals surface area (Å²) in [6.07, 6.45) is 12.4. The maximum atomic E-state index is 4.63. The Balaban J connectivity index is 2.22. The maximum absolute atomic E-state index is 4.63. The average Bonchev–Trinajstić information content (AvgIpc) is 2.63. The molecular formula is C17H25IS. The zero-order chi connectivity index (χ0) is 13.8. The van der Waals surface area contributed by atoms with Crippen molar-refractivity contribution in [3.8, 4) is 0 Å². The molecule has 0 N–H and O–H groups in total. The largest absolute Gasteiger partial charge is 0.175 e. The van der Waals surface area contributed by atoms with E-state index in [4.69, 9.17) is 0 Å². The van der Waals surface area contributed by atoms with Crippen LogP contribution in [-0.2, 0) is 0 Å². The molecule has 2 aliphatic rings. The first-order valence-electron chi connectivity index (χ1n) is 7.46. The van der Waals surface area contributed by atoms with Crippen molar-refractivity contribution in [3.63, 3.8) is 0 Å². The van der Waals surface area contributed by atoms with Gasteiger partial charge in [0.15, 0.2) is 0 Å². The van der Waals surface area contributed by atoms with Crippen LogP contribution in [0.2, 0.25) is 0 Å². The first kappa shape index (κ1) is 15.7. The fraction of sp³-hybridized carbons (Fsp3) is 0.647. The molecule has 3 unspecified atom stereocenters. The van der Waals surface area contributed by atoms with Crippen molar-refractivity contribution in [2.75, 3.05) is 5.75 Å². The highest BCUT2D eigenvalue weighted by Gasteiger charge is 2.29. The van der Waals surface area contributed by atoms with Gasteiger partial charge < -0.3 is 0 Å². The molecule has 1 saturated carbocycles. The van der Waals surface area contributed by atoms with E-state index in [1.54, 1.807) is 11.1 Å². The number of hydrogen-bond acceptors (Lipinski definition) is 1. The van der Waals surface area contributed by atoms with E-state index in [0.717, 1.165) is 11.7 Å². The third-order valence-electron chi connectivity index (χ3n) is 4.67. The Morgan fingerprint density at radius 3 is 2.84 bits per heavy atom. The molecule has 2 aliphatic carbocycles. The van der Waals surface area contributed by atoms with Gasteiger partial charge in [0.1, 0.15) is 0 Å². The summed E-state index contributed by atoms with van der Waals surface area (Å²) in [7, 11) is 0. The molecule has 19 heavy (non-hydrogen) atoms. The summed E-state index contributed by atoms with van der Waals surface area (Å²) in [5, 5.41) is 0. The molecule has 0 aromatic carbocycles. The second kappa shape index (κ2) is 7.35. The minimum Gasteiger partial charge on any atom is -0.175 e. The fourth-order valence-corrected chi connectivity index (χ4v) is 4.66. The second-order valence-electron chi connectivity index (χ2n) is 5.93. The van der Waals surface area contributed by atoms with E-state index in [9.17, 15) is 0 Å². The molecule has 0 amide bonds. The normalized spacial score (nSPS) is 34.5. The molecule has 0 nitrogen and oxygen atoms in total. The van der Waals surface area contributed by atoms with E-state index in [0.29, 0.717) is 9.84 Å². The lowest BCUT2D eigenvalue weighted by atomic mass is 9.88. The maximum Gasteiger partial charge on any atom is 0.0322 e. The average molecular weight is 388 g/mol. The molecular weight excluding hydrogens is 363 g/mol. The van der Waals surface area contributed by atoms with Gasteiger partial charge in [0.05, 0.1) is 0 Å². The number of alkyl halides is 1. The highest BCUT2D eigenvalue weighted by Crippen LogP contribution is 2.41. The van der Waals surface area contributed by atoms with Crippen molar-refractivity contribution in [1.82, 2.24) is 0 Å². The topological polar surface area (TPSA) is 0 Å². The minimum absolute atomic E-state index is 0.662. The lowest BCUT2D eigenvalue weighted by molar-refractivity contribution is 0.476. The van der Waals surface area contributed by atoms with Crippen molar-refractivity contribution in [2.24, 2.45) is 11.8 Å². The molecule has 2 heteroatoms. The summed E-state index contributed by atoms with van der Waals surface area (Å²) in [5.74, 6) is 2.47. The van der Waals surface area contributed by atoms with Crippen molar-refractivity contribution < 1.29 is 0 Å².